The number of fused-ring (bicyclic) bond motifs is 10. The van der Waals surface area contributed by atoms with Gasteiger partial charge in [0.05, 0.1) is 11.0 Å². The van der Waals surface area contributed by atoms with Crippen molar-refractivity contribution in [3.8, 4) is 27.9 Å². The highest BCUT2D eigenvalue weighted by molar-refractivity contribution is 6.13. The van der Waals surface area contributed by atoms with E-state index >= 15 is 0 Å². The molecule has 0 spiro atoms. The predicted octanol–water partition coefficient (Wildman–Crippen LogP) is 13.4. The summed E-state index contributed by atoms with van der Waals surface area (Å²) in [5.41, 5.74) is 12.4. The minimum absolute atomic E-state index is 1.14. The Morgan fingerprint density at radius 2 is 0.760 bits per heavy atom. The second-order valence-corrected chi connectivity index (χ2v) is 13.4. The van der Waals surface area contributed by atoms with E-state index in [1.807, 2.05) is 0 Å². The molecule has 10 aromatic rings. The van der Waals surface area contributed by atoms with Crippen molar-refractivity contribution in [3.05, 3.63) is 182 Å². The molecule has 0 fully saturated rings. The van der Waals surface area contributed by atoms with Crippen LogP contribution in [0.5, 0.6) is 0 Å². The summed E-state index contributed by atoms with van der Waals surface area (Å²) >= 11 is 0. The normalized spacial score (nSPS) is 12.0. The van der Waals surface area contributed by atoms with Gasteiger partial charge in [0.1, 0.15) is 0 Å². The van der Waals surface area contributed by atoms with Crippen LogP contribution in [-0.2, 0) is 0 Å². The molecule has 1 heterocycles. The van der Waals surface area contributed by atoms with E-state index in [9.17, 15) is 0 Å². The molecule has 1 aliphatic rings. The molecule has 0 radical (unpaired) electrons. The quantitative estimate of drug-likeness (QED) is 0.187. The standard InChI is InChI=1S/C48H30N2/c1-2-12-37(13-3-1)49(38-21-18-31-10-4-5-11-32(31)24-38)39-22-19-33-27-43-44-28-34-20-23-40(26-36(34)30-46(44)45(43)29-35(33)25-39)50-47-16-8-6-14-41(47)42-15-7-9-17-48(42)50/h1-30H. The van der Waals surface area contributed by atoms with Crippen LogP contribution in [0.1, 0.15) is 0 Å². The predicted molar refractivity (Wildman–Crippen MR) is 212 cm³/mol. The Morgan fingerprint density at radius 3 is 1.42 bits per heavy atom. The number of rotatable bonds is 4. The lowest BCUT2D eigenvalue weighted by Crippen LogP contribution is -2.09. The van der Waals surface area contributed by atoms with Gasteiger partial charge in [-0.3, -0.25) is 0 Å². The van der Waals surface area contributed by atoms with Crippen molar-refractivity contribution >= 4 is 71.2 Å². The molecule has 0 bridgehead atoms. The molecule has 9 aromatic carbocycles. The van der Waals surface area contributed by atoms with Gasteiger partial charge in [-0.1, -0.05) is 97.1 Å². The van der Waals surface area contributed by atoms with Gasteiger partial charge in [0, 0.05) is 33.5 Å². The monoisotopic (exact) mass is 634 g/mol. The van der Waals surface area contributed by atoms with Crippen molar-refractivity contribution in [3.63, 3.8) is 0 Å². The largest absolute Gasteiger partial charge is 0.310 e. The zero-order chi connectivity index (χ0) is 32.8. The average molecular weight is 635 g/mol. The first-order valence-electron chi connectivity index (χ1n) is 17.3. The summed E-state index contributed by atoms with van der Waals surface area (Å²) in [4.78, 5) is 2.36. The van der Waals surface area contributed by atoms with E-state index in [4.69, 9.17) is 0 Å². The fourth-order valence-electron chi connectivity index (χ4n) is 8.22. The van der Waals surface area contributed by atoms with Crippen molar-refractivity contribution in [2.24, 2.45) is 0 Å². The number of para-hydroxylation sites is 3. The van der Waals surface area contributed by atoms with Crippen LogP contribution >= 0.6 is 0 Å². The van der Waals surface area contributed by atoms with Crippen molar-refractivity contribution in [2.45, 2.75) is 0 Å². The zero-order valence-corrected chi connectivity index (χ0v) is 27.2. The zero-order valence-electron chi connectivity index (χ0n) is 27.2. The van der Waals surface area contributed by atoms with Crippen LogP contribution in [0.25, 0.3) is 82.1 Å². The van der Waals surface area contributed by atoms with E-state index in [0.29, 0.717) is 0 Å². The second-order valence-electron chi connectivity index (χ2n) is 13.4. The molecule has 0 aliphatic heterocycles. The molecule has 0 saturated heterocycles. The highest BCUT2D eigenvalue weighted by Gasteiger charge is 2.24. The number of hydrogen-bond acceptors (Lipinski definition) is 1. The molecule has 0 saturated carbocycles. The molecule has 2 nitrogen and oxygen atoms in total. The maximum Gasteiger partial charge on any atom is 0.0541 e. The maximum atomic E-state index is 2.40. The van der Waals surface area contributed by atoms with E-state index < -0.39 is 0 Å². The average Bonchev–Trinajstić information content (AvgIpc) is 3.51. The van der Waals surface area contributed by atoms with Crippen LogP contribution in [0.15, 0.2) is 182 Å². The Labute approximate surface area is 289 Å². The number of anilines is 3. The molecular weight excluding hydrogens is 605 g/mol. The molecule has 0 atom stereocenters. The summed E-state index contributed by atoms with van der Waals surface area (Å²) in [6.07, 6.45) is 0. The first kappa shape index (κ1) is 27.3. The van der Waals surface area contributed by atoms with Gasteiger partial charge in [-0.25, -0.2) is 0 Å². The van der Waals surface area contributed by atoms with Crippen molar-refractivity contribution in [2.75, 3.05) is 4.90 Å². The fourth-order valence-corrected chi connectivity index (χ4v) is 8.22. The molecule has 0 N–H and O–H groups in total. The first-order valence-corrected chi connectivity index (χ1v) is 17.3. The lowest BCUT2D eigenvalue weighted by Gasteiger charge is -2.28. The number of nitrogens with zero attached hydrogens (tertiary/aromatic N) is 2. The van der Waals surface area contributed by atoms with Gasteiger partial charge in [0.15, 0.2) is 0 Å². The SMILES string of the molecule is c1ccc(N(c2ccc3ccccc3c2)c2ccc3cc4c(cc3c2)-c2cc3cc(-n5c6ccccc6c6ccccc65)ccc3cc2-4)cc1. The molecule has 232 valence electrons. The van der Waals surface area contributed by atoms with Gasteiger partial charge in [-0.05, 0) is 140 Å². The maximum absolute atomic E-state index is 2.40. The lowest BCUT2D eigenvalue weighted by molar-refractivity contribution is 1.19. The first-order chi connectivity index (χ1) is 24.8. The van der Waals surface area contributed by atoms with Crippen LogP contribution in [0.4, 0.5) is 17.1 Å². The summed E-state index contributed by atoms with van der Waals surface area (Å²) < 4.78 is 2.40. The topological polar surface area (TPSA) is 8.17 Å². The third-order valence-corrected chi connectivity index (χ3v) is 10.6. The fraction of sp³-hybridized carbons (Fsp3) is 0. The Morgan fingerprint density at radius 1 is 0.300 bits per heavy atom. The molecule has 1 aromatic heterocycles. The molecule has 50 heavy (non-hydrogen) atoms. The Hall–Kier alpha value is -6.64. The van der Waals surface area contributed by atoms with Crippen LogP contribution in [-0.4, -0.2) is 4.57 Å². The van der Waals surface area contributed by atoms with Gasteiger partial charge in [-0.15, -0.1) is 0 Å². The van der Waals surface area contributed by atoms with E-state index in [0.717, 1.165) is 17.1 Å². The molecule has 1 aliphatic carbocycles. The number of aromatic nitrogens is 1. The minimum Gasteiger partial charge on any atom is -0.310 e. The summed E-state index contributed by atoms with van der Waals surface area (Å²) in [6, 6.07) is 66.7. The van der Waals surface area contributed by atoms with Gasteiger partial charge in [0.2, 0.25) is 0 Å². The Bertz CT molecular complexity index is 2930. The summed E-state index contributed by atoms with van der Waals surface area (Å²) in [7, 11) is 0. The summed E-state index contributed by atoms with van der Waals surface area (Å²) in [5.74, 6) is 0. The van der Waals surface area contributed by atoms with E-state index in [-0.39, 0.29) is 0 Å². The second kappa shape index (κ2) is 10.4. The lowest BCUT2D eigenvalue weighted by atomic mass is 9.78. The molecule has 0 unspecified atom stereocenters. The van der Waals surface area contributed by atoms with Gasteiger partial charge in [0.25, 0.3) is 0 Å². The Balaban J connectivity index is 1.03. The van der Waals surface area contributed by atoms with E-state index in [2.05, 4.69) is 191 Å². The minimum atomic E-state index is 1.14. The van der Waals surface area contributed by atoms with Gasteiger partial charge in [-0.2, -0.15) is 0 Å². The smallest absolute Gasteiger partial charge is 0.0541 e. The van der Waals surface area contributed by atoms with Crippen LogP contribution in [0, 0.1) is 0 Å². The third kappa shape index (κ3) is 4.03. The van der Waals surface area contributed by atoms with Crippen molar-refractivity contribution in [1.82, 2.24) is 4.57 Å². The van der Waals surface area contributed by atoms with Gasteiger partial charge < -0.3 is 9.47 Å². The summed E-state index contributed by atoms with van der Waals surface area (Å²) in [5, 5.41) is 10.1. The highest BCUT2D eigenvalue weighted by atomic mass is 15.1. The van der Waals surface area contributed by atoms with Crippen LogP contribution in [0.3, 0.4) is 0 Å². The van der Waals surface area contributed by atoms with Crippen molar-refractivity contribution < 1.29 is 0 Å². The van der Waals surface area contributed by atoms with Crippen LogP contribution < -0.4 is 4.90 Å². The third-order valence-electron chi connectivity index (χ3n) is 10.6. The van der Waals surface area contributed by atoms with Crippen molar-refractivity contribution in [1.29, 1.82) is 0 Å². The van der Waals surface area contributed by atoms with E-state index in [1.54, 1.807) is 0 Å². The van der Waals surface area contributed by atoms with Gasteiger partial charge >= 0.3 is 0 Å². The summed E-state index contributed by atoms with van der Waals surface area (Å²) in [6.45, 7) is 0. The highest BCUT2D eigenvalue weighted by Crippen LogP contribution is 2.51. The Kier molecular flexibility index (Phi) is 5.70. The van der Waals surface area contributed by atoms with Crippen LogP contribution in [0.2, 0.25) is 0 Å². The molecular formula is C48H30N2. The number of benzene rings is 9. The number of hydrogen-bond donors (Lipinski definition) is 0. The molecule has 0 amide bonds. The van der Waals surface area contributed by atoms with E-state index in [1.165, 1.54) is 82.1 Å². The molecule has 11 rings (SSSR count). The molecule has 2 heteroatoms.